The molecular weight excluding hydrogens is 190 g/mol. The number of esters is 1. The molecule has 0 aliphatic carbocycles. The lowest BCUT2D eigenvalue weighted by Crippen LogP contribution is -2.31. The predicted octanol–water partition coefficient (Wildman–Crippen LogP) is -0.907. The Morgan fingerprint density at radius 2 is 2.29 bits per heavy atom. The predicted molar refractivity (Wildman–Crippen MR) is 44.3 cm³/mol. The van der Waals surface area contributed by atoms with E-state index in [2.05, 4.69) is 4.74 Å². The molecule has 6 heteroatoms. The molecule has 1 aliphatic heterocycles. The Labute approximate surface area is 80.4 Å². The van der Waals surface area contributed by atoms with Crippen LogP contribution in [-0.4, -0.2) is 48.1 Å². The van der Waals surface area contributed by atoms with E-state index in [1.807, 2.05) is 0 Å². The second-order valence-electron chi connectivity index (χ2n) is 3.09. The monoisotopic (exact) mass is 201 g/mol. The highest BCUT2D eigenvalue weighted by atomic mass is 16.5. The standard InChI is InChI=1S/C8H11NO5/c1-14-8(13)5-2-6(10)9(3-5)4-7(11)12/h5H,2-4H2,1H3,(H,11,12). The molecule has 14 heavy (non-hydrogen) atoms. The minimum absolute atomic E-state index is 0.0416. The third kappa shape index (κ3) is 2.21. The molecule has 1 unspecified atom stereocenters. The molecule has 1 saturated heterocycles. The van der Waals surface area contributed by atoms with Crippen molar-refractivity contribution < 1.29 is 24.2 Å². The van der Waals surface area contributed by atoms with Crippen LogP contribution in [-0.2, 0) is 19.1 Å². The molecule has 0 aromatic rings. The second kappa shape index (κ2) is 4.08. The van der Waals surface area contributed by atoms with Gasteiger partial charge in [-0.15, -0.1) is 0 Å². The molecular formula is C8H11NO5. The number of nitrogens with zero attached hydrogens (tertiary/aromatic N) is 1. The molecule has 78 valence electrons. The Balaban J connectivity index is 2.55. The fourth-order valence-corrected chi connectivity index (χ4v) is 1.41. The van der Waals surface area contributed by atoms with Crippen molar-refractivity contribution in [1.82, 2.24) is 4.90 Å². The maximum atomic E-state index is 11.2. The van der Waals surface area contributed by atoms with Crippen molar-refractivity contribution in [2.24, 2.45) is 5.92 Å². The molecule has 0 radical (unpaired) electrons. The van der Waals surface area contributed by atoms with E-state index >= 15 is 0 Å². The lowest BCUT2D eigenvalue weighted by molar-refractivity contribution is -0.145. The number of methoxy groups -OCH3 is 1. The lowest BCUT2D eigenvalue weighted by Gasteiger charge is -2.12. The van der Waals surface area contributed by atoms with Crippen molar-refractivity contribution in [3.8, 4) is 0 Å². The number of hydrogen-bond donors (Lipinski definition) is 1. The lowest BCUT2D eigenvalue weighted by atomic mass is 10.1. The number of carbonyl (C=O) groups excluding carboxylic acids is 2. The zero-order valence-corrected chi connectivity index (χ0v) is 7.73. The Bertz CT molecular complexity index is 275. The van der Waals surface area contributed by atoms with Crippen LogP contribution in [0.25, 0.3) is 0 Å². The van der Waals surface area contributed by atoms with Gasteiger partial charge in [0.05, 0.1) is 13.0 Å². The molecule has 1 fully saturated rings. The zero-order chi connectivity index (χ0) is 10.7. The molecule has 1 amide bonds. The number of aliphatic carboxylic acids is 1. The van der Waals surface area contributed by atoms with Crippen LogP contribution in [0.3, 0.4) is 0 Å². The van der Waals surface area contributed by atoms with Gasteiger partial charge in [0, 0.05) is 13.0 Å². The number of rotatable bonds is 3. The van der Waals surface area contributed by atoms with Crippen molar-refractivity contribution in [3.63, 3.8) is 0 Å². The van der Waals surface area contributed by atoms with Crippen molar-refractivity contribution in [3.05, 3.63) is 0 Å². The first-order valence-electron chi connectivity index (χ1n) is 4.12. The number of carboxylic acid groups (broad SMARTS) is 1. The van der Waals surface area contributed by atoms with Crippen LogP contribution in [0.4, 0.5) is 0 Å². The van der Waals surface area contributed by atoms with E-state index in [0.717, 1.165) is 4.90 Å². The minimum Gasteiger partial charge on any atom is -0.480 e. The molecule has 1 atom stereocenters. The Hall–Kier alpha value is -1.59. The van der Waals surface area contributed by atoms with E-state index in [1.54, 1.807) is 0 Å². The van der Waals surface area contributed by atoms with E-state index < -0.39 is 17.9 Å². The van der Waals surface area contributed by atoms with Crippen molar-refractivity contribution in [2.45, 2.75) is 6.42 Å². The minimum atomic E-state index is -1.08. The fraction of sp³-hybridized carbons (Fsp3) is 0.625. The fourth-order valence-electron chi connectivity index (χ4n) is 1.41. The summed E-state index contributed by atoms with van der Waals surface area (Å²) in [4.78, 5) is 33.7. The van der Waals surface area contributed by atoms with Gasteiger partial charge in [-0.1, -0.05) is 0 Å². The highest BCUT2D eigenvalue weighted by Crippen LogP contribution is 2.18. The Morgan fingerprint density at radius 3 is 2.79 bits per heavy atom. The summed E-state index contributed by atoms with van der Waals surface area (Å²) in [6.45, 7) is -0.218. The summed E-state index contributed by atoms with van der Waals surface area (Å²) in [6.07, 6.45) is 0.0416. The largest absolute Gasteiger partial charge is 0.480 e. The summed E-state index contributed by atoms with van der Waals surface area (Å²) in [5.74, 6) is -2.38. The van der Waals surface area contributed by atoms with Crippen LogP contribution in [0.15, 0.2) is 0 Å². The summed E-state index contributed by atoms with van der Waals surface area (Å²) < 4.78 is 4.47. The molecule has 1 rings (SSSR count). The van der Waals surface area contributed by atoms with E-state index in [-0.39, 0.29) is 25.4 Å². The SMILES string of the molecule is COC(=O)C1CC(=O)N(CC(=O)O)C1. The van der Waals surface area contributed by atoms with E-state index in [9.17, 15) is 14.4 Å². The quantitative estimate of drug-likeness (QED) is 0.598. The second-order valence-corrected chi connectivity index (χ2v) is 3.09. The summed E-state index contributed by atoms with van der Waals surface area (Å²) in [5, 5.41) is 8.46. The summed E-state index contributed by atoms with van der Waals surface area (Å²) in [7, 11) is 1.24. The Kier molecular flexibility index (Phi) is 3.06. The summed E-state index contributed by atoms with van der Waals surface area (Å²) >= 11 is 0. The molecule has 0 aromatic carbocycles. The molecule has 0 saturated carbocycles. The van der Waals surface area contributed by atoms with Gasteiger partial charge in [0.1, 0.15) is 6.54 Å². The molecule has 1 aliphatic rings. The topological polar surface area (TPSA) is 83.9 Å². The smallest absolute Gasteiger partial charge is 0.323 e. The van der Waals surface area contributed by atoms with Gasteiger partial charge in [-0.05, 0) is 0 Å². The maximum Gasteiger partial charge on any atom is 0.323 e. The van der Waals surface area contributed by atoms with Crippen LogP contribution in [0.2, 0.25) is 0 Å². The van der Waals surface area contributed by atoms with Crippen LogP contribution in [0, 0.1) is 5.92 Å². The summed E-state index contributed by atoms with van der Waals surface area (Å²) in [5.41, 5.74) is 0. The van der Waals surface area contributed by atoms with Crippen LogP contribution in [0.1, 0.15) is 6.42 Å². The van der Waals surface area contributed by atoms with Gasteiger partial charge < -0.3 is 14.7 Å². The van der Waals surface area contributed by atoms with Gasteiger partial charge in [0.25, 0.3) is 0 Å². The van der Waals surface area contributed by atoms with Crippen LogP contribution >= 0.6 is 0 Å². The highest BCUT2D eigenvalue weighted by molar-refractivity contribution is 5.88. The van der Waals surface area contributed by atoms with Gasteiger partial charge >= 0.3 is 11.9 Å². The molecule has 0 aromatic heterocycles. The van der Waals surface area contributed by atoms with Crippen molar-refractivity contribution >= 4 is 17.8 Å². The van der Waals surface area contributed by atoms with E-state index in [0.29, 0.717) is 0 Å². The first-order chi connectivity index (χ1) is 6.54. The maximum absolute atomic E-state index is 11.2. The van der Waals surface area contributed by atoms with Gasteiger partial charge in [-0.25, -0.2) is 0 Å². The molecule has 0 spiro atoms. The third-order valence-corrected chi connectivity index (χ3v) is 2.08. The van der Waals surface area contributed by atoms with Gasteiger partial charge in [-0.2, -0.15) is 0 Å². The van der Waals surface area contributed by atoms with Crippen molar-refractivity contribution in [1.29, 1.82) is 0 Å². The number of amides is 1. The molecule has 6 nitrogen and oxygen atoms in total. The average molecular weight is 201 g/mol. The number of hydrogen-bond acceptors (Lipinski definition) is 4. The molecule has 1 heterocycles. The number of carboxylic acids is 1. The zero-order valence-electron chi connectivity index (χ0n) is 7.73. The summed E-state index contributed by atoms with van der Waals surface area (Å²) in [6, 6.07) is 0. The number of ether oxygens (including phenoxy) is 1. The first-order valence-corrected chi connectivity index (χ1v) is 4.12. The van der Waals surface area contributed by atoms with Crippen LogP contribution < -0.4 is 0 Å². The normalized spacial score (nSPS) is 21.1. The number of carbonyl (C=O) groups is 3. The first kappa shape index (κ1) is 10.5. The van der Waals surface area contributed by atoms with Gasteiger partial charge in [-0.3, -0.25) is 14.4 Å². The van der Waals surface area contributed by atoms with Crippen LogP contribution in [0.5, 0.6) is 0 Å². The Morgan fingerprint density at radius 1 is 1.64 bits per heavy atom. The number of likely N-dealkylation sites (tertiary alicyclic amines) is 1. The third-order valence-electron chi connectivity index (χ3n) is 2.08. The van der Waals surface area contributed by atoms with Gasteiger partial charge in [0.15, 0.2) is 0 Å². The highest BCUT2D eigenvalue weighted by Gasteiger charge is 2.35. The van der Waals surface area contributed by atoms with Crippen molar-refractivity contribution in [2.75, 3.05) is 20.2 Å². The van der Waals surface area contributed by atoms with E-state index in [1.165, 1.54) is 7.11 Å². The molecule has 0 bridgehead atoms. The van der Waals surface area contributed by atoms with E-state index in [4.69, 9.17) is 5.11 Å². The van der Waals surface area contributed by atoms with Gasteiger partial charge in [0.2, 0.25) is 5.91 Å². The average Bonchev–Trinajstić information content (AvgIpc) is 2.46. The molecule has 1 N–H and O–H groups in total.